The number of amides is 3. The zero-order chi connectivity index (χ0) is 25.9. The van der Waals surface area contributed by atoms with Gasteiger partial charge in [0.1, 0.15) is 11.5 Å². The van der Waals surface area contributed by atoms with Crippen LogP contribution in [0.1, 0.15) is 40.9 Å². The van der Waals surface area contributed by atoms with Gasteiger partial charge in [0.2, 0.25) is 11.8 Å². The van der Waals surface area contributed by atoms with E-state index in [2.05, 4.69) is 10.3 Å². The second-order valence-electron chi connectivity index (χ2n) is 9.70. The lowest BCUT2D eigenvalue weighted by Crippen LogP contribution is -2.36. The average Bonchev–Trinajstić information content (AvgIpc) is 3.44. The number of ether oxygens (including phenoxy) is 1. The molecule has 8 nitrogen and oxygen atoms in total. The Kier molecular flexibility index (Phi) is 6.90. The standard InChI is InChI=1S/C29H30N4O4/c1-19-5-6-22(16-30-19)20-9-11-25(12-10-20)37-26-14-21(29(36)31-24-15-28(35)32(2)18-24)7-8-23(26)17-33-13-3-4-27(33)34/h5-12,14,16,24H,3-4,13,15,17-18H2,1-2H3,(H,31,36). The molecule has 2 aliphatic heterocycles. The van der Waals surface area contributed by atoms with E-state index in [1.165, 1.54) is 0 Å². The molecule has 190 valence electrons. The number of carbonyl (C=O) groups is 3. The maximum absolute atomic E-state index is 13.0. The summed E-state index contributed by atoms with van der Waals surface area (Å²) in [4.78, 5) is 44.9. The predicted molar refractivity (Wildman–Crippen MR) is 139 cm³/mol. The second-order valence-corrected chi connectivity index (χ2v) is 9.70. The third-order valence-electron chi connectivity index (χ3n) is 6.86. The molecular formula is C29H30N4O4. The van der Waals surface area contributed by atoms with Gasteiger partial charge >= 0.3 is 0 Å². The molecule has 3 aromatic rings. The number of likely N-dealkylation sites (tertiary alicyclic amines) is 2. The highest BCUT2D eigenvalue weighted by atomic mass is 16.5. The zero-order valence-corrected chi connectivity index (χ0v) is 21.1. The van der Waals surface area contributed by atoms with Gasteiger partial charge in [-0.05, 0) is 49.2 Å². The van der Waals surface area contributed by atoms with Crippen LogP contribution in [0.4, 0.5) is 0 Å². The van der Waals surface area contributed by atoms with Crippen molar-refractivity contribution < 1.29 is 19.1 Å². The van der Waals surface area contributed by atoms with Crippen molar-refractivity contribution in [3.63, 3.8) is 0 Å². The first-order valence-corrected chi connectivity index (χ1v) is 12.5. The Bertz CT molecular complexity index is 1320. The smallest absolute Gasteiger partial charge is 0.251 e. The first-order valence-electron chi connectivity index (χ1n) is 12.5. The molecule has 1 aromatic heterocycles. The lowest BCUT2D eigenvalue weighted by molar-refractivity contribution is -0.128. The normalized spacial score (nSPS) is 17.4. The van der Waals surface area contributed by atoms with Crippen LogP contribution < -0.4 is 10.1 Å². The topological polar surface area (TPSA) is 91.8 Å². The molecule has 0 bridgehead atoms. The third-order valence-corrected chi connectivity index (χ3v) is 6.86. The molecule has 1 unspecified atom stereocenters. The van der Waals surface area contributed by atoms with E-state index < -0.39 is 0 Å². The van der Waals surface area contributed by atoms with Crippen LogP contribution in [-0.2, 0) is 16.1 Å². The van der Waals surface area contributed by atoms with Gasteiger partial charge in [-0.15, -0.1) is 0 Å². The van der Waals surface area contributed by atoms with Gasteiger partial charge in [-0.3, -0.25) is 19.4 Å². The molecule has 3 amide bonds. The van der Waals surface area contributed by atoms with Gasteiger partial charge in [-0.2, -0.15) is 0 Å². The average molecular weight is 499 g/mol. The van der Waals surface area contributed by atoms with Crippen molar-refractivity contribution in [2.75, 3.05) is 20.1 Å². The fraction of sp³-hybridized carbons (Fsp3) is 0.310. The quantitative estimate of drug-likeness (QED) is 0.533. The molecule has 0 saturated carbocycles. The highest BCUT2D eigenvalue weighted by molar-refractivity contribution is 5.95. The van der Waals surface area contributed by atoms with Crippen LogP contribution >= 0.6 is 0 Å². The molecule has 1 N–H and O–H groups in total. The van der Waals surface area contributed by atoms with Crippen LogP contribution in [0.2, 0.25) is 0 Å². The van der Waals surface area contributed by atoms with E-state index in [1.54, 1.807) is 24.1 Å². The fourth-order valence-electron chi connectivity index (χ4n) is 4.71. The molecular weight excluding hydrogens is 468 g/mol. The molecule has 3 heterocycles. The molecule has 2 aromatic carbocycles. The van der Waals surface area contributed by atoms with Crippen molar-refractivity contribution in [1.29, 1.82) is 0 Å². The minimum atomic E-state index is -0.260. The SMILES string of the molecule is Cc1ccc(-c2ccc(Oc3cc(C(=O)NC4CC(=O)N(C)C4)ccc3CN3CCCC3=O)cc2)cn1. The van der Waals surface area contributed by atoms with E-state index in [4.69, 9.17) is 4.74 Å². The summed E-state index contributed by atoms with van der Waals surface area (Å²) in [6.07, 6.45) is 3.54. The maximum Gasteiger partial charge on any atom is 0.251 e. The van der Waals surface area contributed by atoms with E-state index in [9.17, 15) is 14.4 Å². The largest absolute Gasteiger partial charge is 0.457 e. The highest BCUT2D eigenvalue weighted by Crippen LogP contribution is 2.31. The Labute approximate surface area is 216 Å². The van der Waals surface area contributed by atoms with Crippen LogP contribution in [-0.4, -0.2) is 58.7 Å². The lowest BCUT2D eigenvalue weighted by Gasteiger charge is -2.19. The molecule has 0 spiro atoms. The highest BCUT2D eigenvalue weighted by Gasteiger charge is 2.28. The number of nitrogens with one attached hydrogen (secondary N) is 1. The summed E-state index contributed by atoms with van der Waals surface area (Å²) in [6.45, 7) is 3.58. The summed E-state index contributed by atoms with van der Waals surface area (Å²) in [7, 11) is 1.73. The summed E-state index contributed by atoms with van der Waals surface area (Å²) in [5.41, 5.74) is 4.26. The number of rotatable bonds is 7. The van der Waals surface area contributed by atoms with Crippen molar-refractivity contribution >= 4 is 17.7 Å². The van der Waals surface area contributed by atoms with Crippen LogP contribution in [0.5, 0.6) is 11.5 Å². The monoisotopic (exact) mass is 498 g/mol. The van der Waals surface area contributed by atoms with Gasteiger partial charge in [0.05, 0.1) is 6.04 Å². The van der Waals surface area contributed by atoms with E-state index in [0.717, 1.165) is 28.8 Å². The number of hydrogen-bond donors (Lipinski definition) is 1. The van der Waals surface area contributed by atoms with Crippen LogP contribution in [0.25, 0.3) is 11.1 Å². The van der Waals surface area contributed by atoms with Crippen molar-refractivity contribution in [2.45, 2.75) is 38.8 Å². The van der Waals surface area contributed by atoms with Gasteiger partial charge in [0, 0.05) is 68.1 Å². The first-order chi connectivity index (χ1) is 17.9. The van der Waals surface area contributed by atoms with E-state index in [1.807, 2.05) is 60.5 Å². The van der Waals surface area contributed by atoms with Gasteiger partial charge in [0.15, 0.2) is 0 Å². The number of benzene rings is 2. The Morgan fingerprint density at radius 2 is 1.84 bits per heavy atom. The van der Waals surface area contributed by atoms with Crippen molar-refractivity contribution in [1.82, 2.24) is 20.1 Å². The maximum atomic E-state index is 13.0. The van der Waals surface area contributed by atoms with Gasteiger partial charge in [-0.1, -0.05) is 24.3 Å². The Morgan fingerprint density at radius 3 is 2.49 bits per heavy atom. The summed E-state index contributed by atoms with van der Waals surface area (Å²) >= 11 is 0. The molecule has 1 atom stereocenters. The van der Waals surface area contributed by atoms with Crippen molar-refractivity contribution in [3.05, 3.63) is 77.6 Å². The number of aromatic nitrogens is 1. The lowest BCUT2D eigenvalue weighted by atomic mass is 10.1. The van der Waals surface area contributed by atoms with Gasteiger partial charge in [0.25, 0.3) is 5.91 Å². The Morgan fingerprint density at radius 1 is 1.05 bits per heavy atom. The summed E-state index contributed by atoms with van der Waals surface area (Å²) in [6, 6.07) is 16.8. The number of nitrogens with zero attached hydrogens (tertiary/aromatic N) is 3. The number of aryl methyl sites for hydroxylation is 1. The van der Waals surface area contributed by atoms with Crippen LogP contribution in [0.3, 0.4) is 0 Å². The molecule has 8 heteroatoms. The van der Waals surface area contributed by atoms with Crippen molar-refractivity contribution in [3.8, 4) is 22.6 Å². The van der Waals surface area contributed by atoms with E-state index in [-0.39, 0.29) is 23.8 Å². The minimum Gasteiger partial charge on any atom is -0.457 e. The number of pyridine rings is 1. The summed E-state index contributed by atoms with van der Waals surface area (Å²) < 4.78 is 6.26. The molecule has 2 fully saturated rings. The summed E-state index contributed by atoms with van der Waals surface area (Å²) in [5, 5.41) is 2.95. The molecule has 0 aliphatic carbocycles. The Hall–Kier alpha value is -4.20. The Balaban J connectivity index is 1.37. The van der Waals surface area contributed by atoms with Crippen LogP contribution in [0.15, 0.2) is 60.8 Å². The van der Waals surface area contributed by atoms with Gasteiger partial charge < -0.3 is 19.9 Å². The predicted octanol–water partition coefficient (Wildman–Crippen LogP) is 3.93. The zero-order valence-electron chi connectivity index (χ0n) is 21.1. The molecule has 0 radical (unpaired) electrons. The minimum absolute atomic E-state index is 0.0183. The first kappa shape index (κ1) is 24.5. The van der Waals surface area contributed by atoms with Gasteiger partial charge in [-0.25, -0.2) is 0 Å². The molecule has 2 aliphatic rings. The molecule has 2 saturated heterocycles. The molecule has 37 heavy (non-hydrogen) atoms. The summed E-state index contributed by atoms with van der Waals surface area (Å²) in [5.74, 6) is 1.03. The molecule has 5 rings (SSSR count). The van der Waals surface area contributed by atoms with Crippen molar-refractivity contribution in [2.24, 2.45) is 0 Å². The van der Waals surface area contributed by atoms with Crippen LogP contribution in [0, 0.1) is 6.92 Å². The van der Waals surface area contributed by atoms with E-state index >= 15 is 0 Å². The number of carbonyl (C=O) groups excluding carboxylic acids is 3. The second kappa shape index (κ2) is 10.4. The number of hydrogen-bond acceptors (Lipinski definition) is 5. The third kappa shape index (κ3) is 5.63. The fourth-order valence-corrected chi connectivity index (χ4v) is 4.71. The number of likely N-dealkylation sites (N-methyl/N-ethyl adjacent to an activating group) is 1. The van der Waals surface area contributed by atoms with E-state index in [0.29, 0.717) is 49.5 Å².